The van der Waals surface area contributed by atoms with E-state index in [0.717, 1.165) is 25.8 Å². The Morgan fingerprint density at radius 2 is 1.76 bits per heavy atom. The number of likely N-dealkylation sites (tertiary alicyclic amines) is 2. The van der Waals surface area contributed by atoms with E-state index in [1.807, 2.05) is 27.8 Å². The predicted octanol–water partition coefficient (Wildman–Crippen LogP) is 2.42. The van der Waals surface area contributed by atoms with Crippen LogP contribution in [-0.4, -0.2) is 96.0 Å². The van der Waals surface area contributed by atoms with Gasteiger partial charge in [-0.1, -0.05) is 53.5 Å². The summed E-state index contributed by atoms with van der Waals surface area (Å²) < 4.78 is 0. The number of carbonyl (C=O) groups is 3. The second kappa shape index (κ2) is 13.8. The second-order valence-corrected chi connectivity index (χ2v) is 10.8. The fourth-order valence-corrected chi connectivity index (χ4v) is 4.14. The van der Waals surface area contributed by atoms with Gasteiger partial charge in [0.05, 0.1) is 12.1 Å². The molecule has 2 aliphatic heterocycles. The Bertz CT molecular complexity index is 716. The SMILES string of the molecule is C/C(=C\CN(C)C(=O)C(NC(=O)C1CCCCN1C)C(C)(C)C)C(=O)N1CCC(O)C1.CCC. The molecule has 0 aromatic rings. The molecule has 8 nitrogen and oxygen atoms in total. The number of aliphatic hydroxyl groups excluding tert-OH is 1. The van der Waals surface area contributed by atoms with Crippen LogP contribution in [0.15, 0.2) is 11.6 Å². The Kier molecular flexibility index (Phi) is 12.2. The smallest absolute Gasteiger partial charge is 0.249 e. The van der Waals surface area contributed by atoms with E-state index < -0.39 is 17.6 Å². The van der Waals surface area contributed by atoms with Gasteiger partial charge in [0, 0.05) is 32.3 Å². The van der Waals surface area contributed by atoms with E-state index in [1.54, 1.807) is 29.8 Å². The molecule has 8 heteroatoms. The topological polar surface area (TPSA) is 93.2 Å². The molecule has 0 aromatic heterocycles. The van der Waals surface area contributed by atoms with Gasteiger partial charge in [-0.05, 0) is 45.2 Å². The molecule has 3 unspecified atom stereocenters. The molecular formula is C26H48N4O4. The minimum absolute atomic E-state index is 0.0987. The van der Waals surface area contributed by atoms with E-state index in [0.29, 0.717) is 25.1 Å². The number of carbonyl (C=O) groups excluding carboxylic acids is 3. The van der Waals surface area contributed by atoms with Gasteiger partial charge >= 0.3 is 0 Å². The molecule has 34 heavy (non-hydrogen) atoms. The zero-order chi connectivity index (χ0) is 26.1. The van der Waals surface area contributed by atoms with Crippen LogP contribution in [0.5, 0.6) is 0 Å². The Labute approximate surface area is 206 Å². The van der Waals surface area contributed by atoms with Crippen molar-refractivity contribution in [2.24, 2.45) is 5.41 Å². The largest absolute Gasteiger partial charge is 0.391 e. The monoisotopic (exact) mass is 480 g/mol. The number of amides is 3. The first-order valence-electron chi connectivity index (χ1n) is 12.7. The minimum Gasteiger partial charge on any atom is -0.391 e. The van der Waals surface area contributed by atoms with Gasteiger partial charge in [-0.25, -0.2) is 0 Å². The fourth-order valence-electron chi connectivity index (χ4n) is 4.14. The summed E-state index contributed by atoms with van der Waals surface area (Å²) in [6.07, 6.45) is 6.04. The van der Waals surface area contributed by atoms with Gasteiger partial charge in [0.2, 0.25) is 17.7 Å². The van der Waals surface area contributed by atoms with Crippen molar-refractivity contribution in [2.75, 3.05) is 40.3 Å². The summed E-state index contributed by atoms with van der Waals surface area (Å²) in [5.74, 6) is -0.385. The third-order valence-corrected chi connectivity index (χ3v) is 6.31. The van der Waals surface area contributed by atoms with Crippen molar-refractivity contribution in [1.82, 2.24) is 20.0 Å². The van der Waals surface area contributed by atoms with Crippen LogP contribution >= 0.6 is 0 Å². The van der Waals surface area contributed by atoms with Crippen molar-refractivity contribution in [1.29, 1.82) is 0 Å². The minimum atomic E-state index is -0.654. The number of β-amino-alcohol motifs (C(OH)–C–C–N with tert-alkyl or cyclic N) is 1. The molecule has 196 valence electrons. The molecule has 0 aromatic carbocycles. The first-order chi connectivity index (χ1) is 15.8. The number of aliphatic hydroxyl groups is 1. The van der Waals surface area contributed by atoms with Crippen molar-refractivity contribution < 1.29 is 19.5 Å². The van der Waals surface area contributed by atoms with Crippen LogP contribution in [-0.2, 0) is 14.4 Å². The van der Waals surface area contributed by atoms with Crippen LogP contribution in [0.3, 0.4) is 0 Å². The van der Waals surface area contributed by atoms with Crippen molar-refractivity contribution in [3.8, 4) is 0 Å². The fraction of sp³-hybridized carbons (Fsp3) is 0.808. The number of nitrogens with one attached hydrogen (secondary N) is 1. The lowest BCUT2D eigenvalue weighted by molar-refractivity contribution is -0.139. The second-order valence-electron chi connectivity index (χ2n) is 10.8. The summed E-state index contributed by atoms with van der Waals surface area (Å²) in [7, 11) is 3.64. The van der Waals surface area contributed by atoms with E-state index >= 15 is 0 Å². The first kappa shape index (κ1) is 30.1. The highest BCUT2D eigenvalue weighted by atomic mass is 16.3. The highest BCUT2D eigenvalue weighted by Gasteiger charge is 2.37. The zero-order valence-corrected chi connectivity index (χ0v) is 22.7. The number of hydrogen-bond acceptors (Lipinski definition) is 5. The van der Waals surface area contributed by atoms with Gasteiger partial charge < -0.3 is 20.2 Å². The third kappa shape index (κ3) is 9.02. The van der Waals surface area contributed by atoms with Crippen molar-refractivity contribution >= 4 is 17.7 Å². The molecule has 0 aliphatic carbocycles. The first-order valence-corrected chi connectivity index (χ1v) is 12.7. The molecule has 2 fully saturated rings. The quantitative estimate of drug-likeness (QED) is 0.570. The predicted molar refractivity (Wildman–Crippen MR) is 136 cm³/mol. The van der Waals surface area contributed by atoms with Crippen molar-refractivity contribution in [2.45, 2.75) is 91.8 Å². The Balaban J connectivity index is 0.00000182. The number of hydrogen-bond donors (Lipinski definition) is 2. The Morgan fingerprint density at radius 1 is 1.15 bits per heavy atom. The maximum Gasteiger partial charge on any atom is 0.249 e. The molecule has 0 spiro atoms. The van der Waals surface area contributed by atoms with Gasteiger partial charge in [0.25, 0.3) is 0 Å². The average molecular weight is 481 g/mol. The van der Waals surface area contributed by atoms with Crippen LogP contribution in [0.1, 0.15) is 73.6 Å². The Morgan fingerprint density at radius 3 is 2.26 bits per heavy atom. The van der Waals surface area contributed by atoms with E-state index in [-0.39, 0.29) is 30.3 Å². The highest BCUT2D eigenvalue weighted by molar-refractivity contribution is 5.93. The van der Waals surface area contributed by atoms with E-state index in [1.165, 1.54) is 6.42 Å². The summed E-state index contributed by atoms with van der Waals surface area (Å²) in [5.41, 5.74) is 0.100. The summed E-state index contributed by atoms with van der Waals surface area (Å²) in [6, 6.07) is -0.856. The standard InChI is InChI=1S/C23H40N4O4.C3H8/c1-16(21(30)27-14-11-17(28)15-27)10-13-26(6)22(31)19(23(2,3)4)24-20(29)18-9-7-8-12-25(18)5;1-3-2/h10,17-19,28H,7-9,11-15H2,1-6H3,(H,24,29);3H2,1-2H3/b16-10+;. The number of piperidine rings is 1. The maximum atomic E-state index is 13.2. The van der Waals surface area contributed by atoms with Crippen LogP contribution in [0.25, 0.3) is 0 Å². The molecule has 2 heterocycles. The van der Waals surface area contributed by atoms with Gasteiger partial charge in [-0.3, -0.25) is 19.3 Å². The Hall–Kier alpha value is -1.93. The lowest BCUT2D eigenvalue weighted by Gasteiger charge is -2.37. The molecular weight excluding hydrogens is 432 g/mol. The maximum absolute atomic E-state index is 13.2. The van der Waals surface area contributed by atoms with Gasteiger partial charge in [-0.2, -0.15) is 0 Å². The van der Waals surface area contributed by atoms with Gasteiger partial charge in [0.1, 0.15) is 6.04 Å². The number of rotatable bonds is 6. The summed E-state index contributed by atoms with van der Waals surface area (Å²) in [6.45, 7) is 13.9. The molecule has 3 amide bonds. The van der Waals surface area contributed by atoms with Gasteiger partial charge in [0.15, 0.2) is 0 Å². The highest BCUT2D eigenvalue weighted by Crippen LogP contribution is 2.23. The molecule has 0 saturated carbocycles. The van der Waals surface area contributed by atoms with Crippen molar-refractivity contribution in [3.05, 3.63) is 11.6 Å². The summed E-state index contributed by atoms with van der Waals surface area (Å²) in [5, 5.41) is 12.6. The normalized spacial score (nSPS) is 22.5. The van der Waals surface area contributed by atoms with Crippen LogP contribution in [0.4, 0.5) is 0 Å². The van der Waals surface area contributed by atoms with Crippen LogP contribution in [0.2, 0.25) is 0 Å². The van der Waals surface area contributed by atoms with Crippen LogP contribution in [0, 0.1) is 5.41 Å². The van der Waals surface area contributed by atoms with E-state index in [2.05, 4.69) is 24.1 Å². The lowest BCUT2D eigenvalue weighted by atomic mass is 9.85. The molecule has 2 rings (SSSR count). The summed E-state index contributed by atoms with van der Waals surface area (Å²) >= 11 is 0. The van der Waals surface area contributed by atoms with Crippen molar-refractivity contribution in [3.63, 3.8) is 0 Å². The van der Waals surface area contributed by atoms with Crippen LogP contribution < -0.4 is 5.32 Å². The number of nitrogens with zero attached hydrogens (tertiary/aromatic N) is 3. The molecule has 2 N–H and O–H groups in total. The molecule has 2 aliphatic rings. The third-order valence-electron chi connectivity index (χ3n) is 6.31. The molecule has 0 radical (unpaired) electrons. The summed E-state index contributed by atoms with van der Waals surface area (Å²) in [4.78, 5) is 43.9. The van der Waals surface area contributed by atoms with E-state index in [9.17, 15) is 19.5 Å². The molecule has 2 saturated heterocycles. The average Bonchev–Trinajstić information content (AvgIpc) is 3.20. The molecule has 3 atom stereocenters. The number of likely N-dealkylation sites (N-methyl/N-ethyl adjacent to an activating group) is 2. The molecule has 0 bridgehead atoms. The van der Waals surface area contributed by atoms with E-state index in [4.69, 9.17) is 0 Å². The zero-order valence-electron chi connectivity index (χ0n) is 22.7. The van der Waals surface area contributed by atoms with Gasteiger partial charge in [-0.15, -0.1) is 0 Å². The lowest BCUT2D eigenvalue weighted by Crippen LogP contribution is -2.58.